The van der Waals surface area contributed by atoms with Crippen molar-refractivity contribution in [2.24, 2.45) is 5.41 Å². The molecule has 2 heterocycles. The second-order valence-corrected chi connectivity index (χ2v) is 5.13. The van der Waals surface area contributed by atoms with E-state index in [2.05, 4.69) is 5.32 Å². The van der Waals surface area contributed by atoms with E-state index in [-0.39, 0.29) is 30.2 Å². The summed E-state index contributed by atoms with van der Waals surface area (Å²) in [6.07, 6.45) is 1.25. The third kappa shape index (κ3) is 1.70. The summed E-state index contributed by atoms with van der Waals surface area (Å²) >= 11 is 0. The highest BCUT2D eigenvalue weighted by Gasteiger charge is 2.47. The Labute approximate surface area is 94.2 Å². The van der Waals surface area contributed by atoms with Crippen LogP contribution in [0.15, 0.2) is 0 Å². The maximum absolute atomic E-state index is 12.0. The average Bonchev–Trinajstić information content (AvgIpc) is 2.39. The van der Waals surface area contributed by atoms with E-state index >= 15 is 0 Å². The van der Waals surface area contributed by atoms with Crippen LogP contribution >= 0.6 is 0 Å². The summed E-state index contributed by atoms with van der Waals surface area (Å²) in [7, 11) is 0. The van der Waals surface area contributed by atoms with Crippen LogP contribution in [0, 0.1) is 5.41 Å². The number of likely N-dealkylation sites (tertiary alicyclic amines) is 1. The largest absolute Gasteiger partial charge is 0.354 e. The molecule has 0 saturated carbocycles. The van der Waals surface area contributed by atoms with E-state index < -0.39 is 5.41 Å². The molecule has 0 spiro atoms. The van der Waals surface area contributed by atoms with Crippen LogP contribution < -0.4 is 5.32 Å². The van der Waals surface area contributed by atoms with Crippen LogP contribution in [0.2, 0.25) is 0 Å². The standard InChI is InChI=1S/C11H16N2O3/c1-11(2)5-9(15)13(10(11)16)7-3-4-8(14)12-6-7/h7H,3-6H2,1-2H3,(H,12,14). The van der Waals surface area contributed by atoms with Gasteiger partial charge in [0.15, 0.2) is 0 Å². The van der Waals surface area contributed by atoms with E-state index in [9.17, 15) is 14.4 Å². The monoisotopic (exact) mass is 224 g/mol. The molecule has 2 aliphatic rings. The lowest BCUT2D eigenvalue weighted by atomic mass is 9.92. The fourth-order valence-electron chi connectivity index (χ4n) is 2.29. The predicted octanol–water partition coefficient (Wildman–Crippen LogP) is 0.0501. The molecule has 1 atom stereocenters. The second-order valence-electron chi connectivity index (χ2n) is 5.13. The van der Waals surface area contributed by atoms with Crippen LogP contribution in [0.1, 0.15) is 33.1 Å². The first-order valence-electron chi connectivity index (χ1n) is 5.55. The number of piperidine rings is 1. The van der Waals surface area contributed by atoms with Crippen LogP contribution in [-0.4, -0.2) is 35.2 Å². The van der Waals surface area contributed by atoms with E-state index in [1.165, 1.54) is 4.90 Å². The van der Waals surface area contributed by atoms with E-state index in [1.807, 2.05) is 0 Å². The molecule has 2 rings (SSSR count). The molecule has 0 bridgehead atoms. The zero-order valence-electron chi connectivity index (χ0n) is 9.58. The number of carbonyl (C=O) groups excluding carboxylic acids is 3. The zero-order chi connectivity index (χ0) is 11.9. The zero-order valence-corrected chi connectivity index (χ0v) is 9.58. The van der Waals surface area contributed by atoms with Crippen LogP contribution in [0.4, 0.5) is 0 Å². The highest BCUT2D eigenvalue weighted by molar-refractivity contribution is 6.05. The van der Waals surface area contributed by atoms with Gasteiger partial charge in [-0.3, -0.25) is 19.3 Å². The molecule has 88 valence electrons. The van der Waals surface area contributed by atoms with E-state index in [1.54, 1.807) is 13.8 Å². The van der Waals surface area contributed by atoms with Gasteiger partial charge in [0.1, 0.15) is 0 Å². The van der Waals surface area contributed by atoms with E-state index in [0.29, 0.717) is 19.4 Å². The summed E-state index contributed by atoms with van der Waals surface area (Å²) in [4.78, 5) is 36.1. The van der Waals surface area contributed by atoms with Gasteiger partial charge in [0.2, 0.25) is 17.7 Å². The van der Waals surface area contributed by atoms with Crippen LogP contribution in [-0.2, 0) is 14.4 Å². The first kappa shape index (κ1) is 11.1. The Morgan fingerprint density at radius 2 is 2.00 bits per heavy atom. The summed E-state index contributed by atoms with van der Waals surface area (Å²) in [6, 6.07) is -0.153. The van der Waals surface area contributed by atoms with Gasteiger partial charge in [0.25, 0.3) is 0 Å². The molecule has 3 amide bonds. The van der Waals surface area contributed by atoms with Crippen LogP contribution in [0.3, 0.4) is 0 Å². The van der Waals surface area contributed by atoms with Crippen molar-refractivity contribution in [1.82, 2.24) is 10.2 Å². The first-order valence-corrected chi connectivity index (χ1v) is 5.55. The number of carbonyl (C=O) groups is 3. The number of amides is 3. The fraction of sp³-hybridized carbons (Fsp3) is 0.727. The number of imide groups is 1. The minimum Gasteiger partial charge on any atom is -0.354 e. The molecular weight excluding hydrogens is 208 g/mol. The van der Waals surface area contributed by atoms with Gasteiger partial charge in [-0.25, -0.2) is 0 Å². The summed E-state index contributed by atoms with van der Waals surface area (Å²) in [6.45, 7) is 3.97. The molecule has 16 heavy (non-hydrogen) atoms. The Balaban J connectivity index is 2.13. The summed E-state index contributed by atoms with van der Waals surface area (Å²) in [5.74, 6) is -0.232. The van der Waals surface area contributed by atoms with Crippen molar-refractivity contribution in [2.45, 2.75) is 39.2 Å². The molecule has 2 aliphatic heterocycles. The number of nitrogens with zero attached hydrogens (tertiary/aromatic N) is 1. The third-order valence-corrected chi connectivity index (χ3v) is 3.26. The summed E-state index contributed by atoms with van der Waals surface area (Å²) < 4.78 is 0. The Kier molecular flexibility index (Phi) is 2.48. The summed E-state index contributed by atoms with van der Waals surface area (Å²) in [5, 5.41) is 2.69. The molecule has 0 radical (unpaired) electrons. The number of hydrogen-bond acceptors (Lipinski definition) is 3. The van der Waals surface area contributed by atoms with Gasteiger partial charge in [0, 0.05) is 19.4 Å². The van der Waals surface area contributed by atoms with Gasteiger partial charge < -0.3 is 5.32 Å². The van der Waals surface area contributed by atoms with Crippen molar-refractivity contribution in [3.8, 4) is 0 Å². The number of rotatable bonds is 1. The van der Waals surface area contributed by atoms with Crippen molar-refractivity contribution >= 4 is 17.7 Å². The number of nitrogens with one attached hydrogen (secondary N) is 1. The molecule has 0 aromatic heterocycles. The highest BCUT2D eigenvalue weighted by atomic mass is 16.2. The van der Waals surface area contributed by atoms with Crippen molar-refractivity contribution in [3.63, 3.8) is 0 Å². The highest BCUT2D eigenvalue weighted by Crippen LogP contribution is 2.33. The van der Waals surface area contributed by atoms with Gasteiger partial charge in [-0.1, -0.05) is 13.8 Å². The Morgan fingerprint density at radius 1 is 1.31 bits per heavy atom. The molecular formula is C11H16N2O3. The quantitative estimate of drug-likeness (QED) is 0.640. The smallest absolute Gasteiger partial charge is 0.235 e. The maximum Gasteiger partial charge on any atom is 0.235 e. The lowest BCUT2D eigenvalue weighted by Crippen LogP contribution is -2.50. The summed E-state index contributed by atoms with van der Waals surface area (Å²) in [5.41, 5.74) is -0.585. The van der Waals surface area contributed by atoms with E-state index in [0.717, 1.165) is 0 Å². The van der Waals surface area contributed by atoms with Crippen molar-refractivity contribution in [2.75, 3.05) is 6.54 Å². The topological polar surface area (TPSA) is 66.5 Å². The van der Waals surface area contributed by atoms with E-state index in [4.69, 9.17) is 0 Å². The normalized spacial score (nSPS) is 29.5. The SMILES string of the molecule is CC1(C)CC(=O)N(C2CCC(=O)NC2)C1=O. The second kappa shape index (κ2) is 3.57. The van der Waals surface area contributed by atoms with Crippen LogP contribution in [0.25, 0.3) is 0 Å². The molecule has 0 aromatic rings. The van der Waals surface area contributed by atoms with Crippen molar-refractivity contribution in [1.29, 1.82) is 0 Å². The molecule has 2 saturated heterocycles. The molecule has 1 unspecified atom stereocenters. The maximum atomic E-state index is 12.0. The lowest BCUT2D eigenvalue weighted by molar-refractivity contribution is -0.145. The van der Waals surface area contributed by atoms with Crippen molar-refractivity contribution in [3.05, 3.63) is 0 Å². The Hall–Kier alpha value is -1.39. The molecule has 0 aliphatic carbocycles. The minimum absolute atomic E-state index is 0.00500. The fourth-order valence-corrected chi connectivity index (χ4v) is 2.29. The molecule has 0 aromatic carbocycles. The molecule has 5 heteroatoms. The van der Waals surface area contributed by atoms with Gasteiger partial charge in [0.05, 0.1) is 11.5 Å². The molecule has 1 N–H and O–H groups in total. The average molecular weight is 224 g/mol. The lowest BCUT2D eigenvalue weighted by Gasteiger charge is -2.30. The van der Waals surface area contributed by atoms with Gasteiger partial charge in [-0.15, -0.1) is 0 Å². The van der Waals surface area contributed by atoms with Crippen LogP contribution in [0.5, 0.6) is 0 Å². The van der Waals surface area contributed by atoms with Crippen molar-refractivity contribution < 1.29 is 14.4 Å². The molecule has 5 nitrogen and oxygen atoms in total. The van der Waals surface area contributed by atoms with Gasteiger partial charge in [-0.2, -0.15) is 0 Å². The Morgan fingerprint density at radius 3 is 2.44 bits per heavy atom. The van der Waals surface area contributed by atoms with Gasteiger partial charge in [-0.05, 0) is 6.42 Å². The minimum atomic E-state index is -0.585. The predicted molar refractivity (Wildman–Crippen MR) is 56.3 cm³/mol. The Bertz CT molecular complexity index is 352. The first-order chi connectivity index (χ1) is 7.42. The third-order valence-electron chi connectivity index (χ3n) is 3.26. The van der Waals surface area contributed by atoms with Gasteiger partial charge >= 0.3 is 0 Å². The molecule has 2 fully saturated rings. The number of hydrogen-bond donors (Lipinski definition) is 1.